The largest absolute Gasteiger partial charge is 0.464 e. The van der Waals surface area contributed by atoms with E-state index in [0.717, 1.165) is 0 Å². The summed E-state index contributed by atoms with van der Waals surface area (Å²) in [5.74, 6) is -1.25. The number of benzene rings is 1. The zero-order chi connectivity index (χ0) is 19.2. The molecular formula is C18H14FN5O3. The van der Waals surface area contributed by atoms with Crippen LogP contribution in [0.2, 0.25) is 0 Å². The van der Waals surface area contributed by atoms with Crippen molar-refractivity contribution < 1.29 is 18.7 Å². The Morgan fingerprint density at radius 3 is 2.78 bits per heavy atom. The van der Waals surface area contributed by atoms with Crippen LogP contribution in [-0.2, 0) is 9.53 Å². The molecule has 0 aliphatic heterocycles. The molecule has 2 heterocycles. The molecule has 0 fully saturated rings. The first-order valence-corrected chi connectivity index (χ1v) is 7.99. The molecule has 2 aromatic heterocycles. The van der Waals surface area contributed by atoms with E-state index in [4.69, 9.17) is 9.47 Å². The van der Waals surface area contributed by atoms with Crippen molar-refractivity contribution in [2.45, 2.75) is 6.92 Å². The molecule has 0 amide bonds. The van der Waals surface area contributed by atoms with Crippen LogP contribution in [0.1, 0.15) is 12.5 Å². The second kappa shape index (κ2) is 8.05. The van der Waals surface area contributed by atoms with Gasteiger partial charge in [-0.1, -0.05) is 12.1 Å². The van der Waals surface area contributed by atoms with Gasteiger partial charge in [0.1, 0.15) is 23.1 Å². The van der Waals surface area contributed by atoms with Gasteiger partial charge in [0.05, 0.1) is 24.7 Å². The van der Waals surface area contributed by atoms with Crippen LogP contribution in [0, 0.1) is 17.1 Å². The lowest BCUT2D eigenvalue weighted by Gasteiger charge is -2.07. The Morgan fingerprint density at radius 2 is 2.11 bits per heavy atom. The quantitative estimate of drug-likeness (QED) is 0.616. The van der Waals surface area contributed by atoms with Gasteiger partial charge in [0, 0.05) is 5.56 Å². The van der Waals surface area contributed by atoms with Gasteiger partial charge < -0.3 is 9.47 Å². The van der Waals surface area contributed by atoms with E-state index in [9.17, 15) is 14.4 Å². The van der Waals surface area contributed by atoms with E-state index in [1.165, 1.54) is 29.2 Å². The molecule has 3 aromatic rings. The van der Waals surface area contributed by atoms with Crippen LogP contribution in [0.4, 0.5) is 4.39 Å². The summed E-state index contributed by atoms with van der Waals surface area (Å²) < 4.78 is 25.7. The van der Waals surface area contributed by atoms with Gasteiger partial charge in [0.25, 0.3) is 5.88 Å². The number of carbonyl (C=O) groups is 1. The fraction of sp³-hybridized carbons (Fsp3) is 0.167. The number of nitrogens with zero attached hydrogens (tertiary/aromatic N) is 5. The third-order valence-corrected chi connectivity index (χ3v) is 3.54. The first-order valence-electron chi connectivity index (χ1n) is 7.99. The predicted octanol–water partition coefficient (Wildman–Crippen LogP) is 2.28. The third-order valence-electron chi connectivity index (χ3n) is 3.54. The monoisotopic (exact) mass is 367 g/mol. The Hall–Kier alpha value is -3.80. The van der Waals surface area contributed by atoms with E-state index >= 15 is 0 Å². The first kappa shape index (κ1) is 18.0. The van der Waals surface area contributed by atoms with Crippen molar-refractivity contribution in [3.05, 3.63) is 54.1 Å². The molecule has 0 aliphatic carbocycles. The van der Waals surface area contributed by atoms with E-state index in [-0.39, 0.29) is 29.4 Å². The number of halogens is 1. The van der Waals surface area contributed by atoms with Crippen molar-refractivity contribution in [2.75, 3.05) is 13.2 Å². The molecule has 8 nitrogen and oxygen atoms in total. The van der Waals surface area contributed by atoms with E-state index in [0.29, 0.717) is 5.56 Å². The van der Waals surface area contributed by atoms with Crippen LogP contribution >= 0.6 is 0 Å². The summed E-state index contributed by atoms with van der Waals surface area (Å²) in [6, 6.07) is 9.57. The van der Waals surface area contributed by atoms with Gasteiger partial charge in [-0.2, -0.15) is 15.5 Å². The van der Waals surface area contributed by atoms with Crippen LogP contribution in [-0.4, -0.2) is 39.2 Å². The van der Waals surface area contributed by atoms with Gasteiger partial charge in [-0.25, -0.2) is 13.9 Å². The summed E-state index contributed by atoms with van der Waals surface area (Å²) in [6.45, 7) is 1.44. The minimum Gasteiger partial charge on any atom is -0.464 e. The number of carbonyl (C=O) groups excluding carboxylic acids is 1. The van der Waals surface area contributed by atoms with Crippen LogP contribution in [0.15, 0.2) is 42.7 Å². The maximum absolute atomic E-state index is 14.3. The molecule has 0 bridgehead atoms. The van der Waals surface area contributed by atoms with Gasteiger partial charge in [0.2, 0.25) is 0 Å². The second-order valence-electron chi connectivity index (χ2n) is 5.23. The zero-order valence-electron chi connectivity index (χ0n) is 14.3. The van der Waals surface area contributed by atoms with Crippen molar-refractivity contribution in [2.24, 2.45) is 0 Å². The van der Waals surface area contributed by atoms with Crippen LogP contribution in [0.3, 0.4) is 0 Å². The average molecular weight is 367 g/mol. The second-order valence-corrected chi connectivity index (χ2v) is 5.23. The standard InChI is InChI=1S/C18H14FN5O3/c1-2-26-16(25)11-27-18-13(9-20)17(12-7-8-21-22-10-12)24(23-18)15-6-4-3-5-14(15)19/h3-8,10H,2,11H2,1H3. The summed E-state index contributed by atoms with van der Waals surface area (Å²) >= 11 is 0. The Bertz CT molecular complexity index is 998. The lowest BCUT2D eigenvalue weighted by atomic mass is 10.1. The molecule has 0 aliphatic rings. The smallest absolute Gasteiger partial charge is 0.344 e. The number of nitriles is 1. The SMILES string of the molecule is CCOC(=O)COc1nn(-c2ccccc2F)c(-c2ccnnc2)c1C#N. The Morgan fingerprint density at radius 1 is 1.30 bits per heavy atom. The van der Waals surface area contributed by atoms with Crippen LogP contribution in [0.5, 0.6) is 5.88 Å². The number of aromatic nitrogens is 4. The Balaban J connectivity index is 2.13. The predicted molar refractivity (Wildman–Crippen MR) is 91.4 cm³/mol. The Labute approximate surface area is 153 Å². The normalized spacial score (nSPS) is 10.3. The minimum atomic E-state index is -0.603. The van der Waals surface area contributed by atoms with E-state index in [2.05, 4.69) is 15.3 Å². The van der Waals surface area contributed by atoms with E-state index in [1.54, 1.807) is 25.1 Å². The number of rotatable bonds is 6. The number of ether oxygens (including phenoxy) is 2. The van der Waals surface area contributed by atoms with Crippen LogP contribution in [0.25, 0.3) is 16.9 Å². The molecule has 0 saturated carbocycles. The summed E-state index contributed by atoms with van der Waals surface area (Å²) in [6.07, 6.45) is 2.86. The lowest BCUT2D eigenvalue weighted by molar-refractivity contribution is -0.145. The summed E-state index contributed by atoms with van der Waals surface area (Å²) in [7, 11) is 0. The minimum absolute atomic E-state index is 0.0375. The molecule has 3 rings (SSSR count). The molecule has 0 saturated heterocycles. The molecule has 9 heteroatoms. The van der Waals surface area contributed by atoms with Crippen molar-refractivity contribution in [3.63, 3.8) is 0 Å². The molecule has 0 spiro atoms. The topological polar surface area (TPSA) is 103 Å². The highest BCUT2D eigenvalue weighted by atomic mass is 19.1. The van der Waals surface area contributed by atoms with E-state index < -0.39 is 18.4 Å². The van der Waals surface area contributed by atoms with Crippen LogP contribution < -0.4 is 4.74 Å². The highest BCUT2D eigenvalue weighted by Crippen LogP contribution is 2.32. The molecule has 0 N–H and O–H groups in total. The first-order chi connectivity index (χ1) is 13.2. The molecule has 0 radical (unpaired) electrons. The molecular weight excluding hydrogens is 353 g/mol. The zero-order valence-corrected chi connectivity index (χ0v) is 14.3. The molecule has 0 unspecified atom stereocenters. The van der Waals surface area contributed by atoms with E-state index in [1.807, 2.05) is 6.07 Å². The molecule has 1 aromatic carbocycles. The fourth-order valence-corrected chi connectivity index (χ4v) is 2.42. The molecule has 0 atom stereocenters. The molecule has 27 heavy (non-hydrogen) atoms. The number of hydrogen-bond acceptors (Lipinski definition) is 7. The van der Waals surface area contributed by atoms with Crippen molar-refractivity contribution in [1.29, 1.82) is 5.26 Å². The highest BCUT2D eigenvalue weighted by Gasteiger charge is 2.24. The Kier molecular flexibility index (Phi) is 5.37. The van der Waals surface area contributed by atoms with Crippen molar-refractivity contribution in [3.8, 4) is 28.9 Å². The van der Waals surface area contributed by atoms with Gasteiger partial charge in [-0.15, -0.1) is 5.10 Å². The summed E-state index contributed by atoms with van der Waals surface area (Å²) in [5, 5.41) is 21.3. The maximum Gasteiger partial charge on any atom is 0.344 e. The molecule has 136 valence electrons. The average Bonchev–Trinajstić information content (AvgIpc) is 3.06. The van der Waals surface area contributed by atoms with Crippen molar-refractivity contribution >= 4 is 5.97 Å². The van der Waals surface area contributed by atoms with Gasteiger partial charge in [0.15, 0.2) is 6.61 Å². The van der Waals surface area contributed by atoms with Crippen molar-refractivity contribution in [1.82, 2.24) is 20.0 Å². The fourth-order valence-electron chi connectivity index (χ4n) is 2.42. The number of esters is 1. The summed E-state index contributed by atoms with van der Waals surface area (Å²) in [5.41, 5.74) is 0.919. The number of hydrogen-bond donors (Lipinski definition) is 0. The van der Waals surface area contributed by atoms with Gasteiger partial charge in [-0.05, 0) is 25.1 Å². The third kappa shape index (κ3) is 3.74. The maximum atomic E-state index is 14.3. The van der Waals surface area contributed by atoms with Gasteiger partial charge in [-0.3, -0.25) is 0 Å². The highest BCUT2D eigenvalue weighted by molar-refractivity contribution is 5.73. The lowest BCUT2D eigenvalue weighted by Crippen LogP contribution is -2.15. The number of para-hydroxylation sites is 1. The van der Waals surface area contributed by atoms with Gasteiger partial charge >= 0.3 is 5.97 Å². The summed E-state index contributed by atoms with van der Waals surface area (Å²) in [4.78, 5) is 11.6.